The van der Waals surface area contributed by atoms with Crippen molar-refractivity contribution in [2.24, 2.45) is 0 Å². The first-order valence-corrected chi connectivity index (χ1v) is 9.26. The van der Waals surface area contributed by atoms with Crippen LogP contribution in [0.2, 0.25) is 10.0 Å². The van der Waals surface area contributed by atoms with Crippen molar-refractivity contribution < 1.29 is 19.1 Å². The normalized spacial score (nSPS) is 14.4. The van der Waals surface area contributed by atoms with Gasteiger partial charge in [-0.05, 0) is 54.6 Å². The van der Waals surface area contributed by atoms with Gasteiger partial charge in [-0.1, -0.05) is 35.3 Å². The number of carbonyl (C=O) groups is 2. The van der Waals surface area contributed by atoms with E-state index in [2.05, 4.69) is 0 Å². The molecule has 1 aliphatic heterocycles. The van der Waals surface area contributed by atoms with Crippen LogP contribution in [0.15, 0.2) is 60.7 Å². The van der Waals surface area contributed by atoms with Crippen molar-refractivity contribution >= 4 is 58.1 Å². The van der Waals surface area contributed by atoms with Gasteiger partial charge < -0.3 is 5.11 Å². The number of hydrogen-bond acceptors (Lipinski definition) is 2. The van der Waals surface area contributed by atoms with Crippen LogP contribution in [0.25, 0.3) is 11.6 Å². The van der Waals surface area contributed by atoms with Crippen LogP contribution in [-0.4, -0.2) is 17.0 Å². The molecular weight excluding hydrogens is 416 g/mol. The highest BCUT2D eigenvalue weighted by atomic mass is 35.5. The molecule has 0 unspecified atom stereocenters. The minimum Gasteiger partial charge on any atom is -0.478 e. The molecule has 1 heterocycles. The summed E-state index contributed by atoms with van der Waals surface area (Å²) in [6.45, 7) is 0. The van der Waals surface area contributed by atoms with E-state index in [1.807, 2.05) is 0 Å². The van der Waals surface area contributed by atoms with Crippen LogP contribution in [-0.2, 0) is 4.79 Å². The number of carboxylic acids is 1. The van der Waals surface area contributed by atoms with Gasteiger partial charge in [0, 0.05) is 26.9 Å². The predicted octanol–water partition coefficient (Wildman–Crippen LogP) is 6.05. The first kappa shape index (κ1) is 19.2. The van der Waals surface area contributed by atoms with Crippen molar-refractivity contribution in [1.29, 1.82) is 0 Å². The maximum Gasteiger partial charge on any atom is 0.335 e. The standard InChI is InChI=1S/C22H12Cl2FNO3/c23-16-3-1-4-17(24)14(16)11-15-20-18(25)5-2-6-19(20)26(21(15)27)13-9-7-12(8-10-13)22(28)29/h1-11H,(H,28,29). The molecule has 0 saturated carbocycles. The lowest BCUT2D eigenvalue weighted by Crippen LogP contribution is -2.20. The summed E-state index contributed by atoms with van der Waals surface area (Å²) in [5, 5.41) is 9.75. The summed E-state index contributed by atoms with van der Waals surface area (Å²) in [6, 6.07) is 15.1. The van der Waals surface area contributed by atoms with Crippen molar-refractivity contribution in [2.45, 2.75) is 0 Å². The smallest absolute Gasteiger partial charge is 0.335 e. The molecule has 29 heavy (non-hydrogen) atoms. The fourth-order valence-corrected chi connectivity index (χ4v) is 3.75. The van der Waals surface area contributed by atoms with E-state index in [1.54, 1.807) is 24.3 Å². The number of hydrogen-bond donors (Lipinski definition) is 1. The highest BCUT2D eigenvalue weighted by molar-refractivity contribution is 6.41. The van der Waals surface area contributed by atoms with Gasteiger partial charge in [0.25, 0.3) is 5.91 Å². The van der Waals surface area contributed by atoms with Crippen LogP contribution in [0.4, 0.5) is 15.8 Å². The number of anilines is 2. The Morgan fingerprint density at radius 2 is 1.59 bits per heavy atom. The van der Waals surface area contributed by atoms with Gasteiger partial charge in [-0.25, -0.2) is 9.18 Å². The largest absolute Gasteiger partial charge is 0.478 e. The molecule has 0 radical (unpaired) electrons. The summed E-state index contributed by atoms with van der Waals surface area (Å²) >= 11 is 12.4. The zero-order chi connectivity index (χ0) is 20.7. The lowest BCUT2D eigenvalue weighted by molar-refractivity contribution is -0.112. The van der Waals surface area contributed by atoms with Crippen LogP contribution in [0.5, 0.6) is 0 Å². The maximum atomic E-state index is 14.7. The van der Waals surface area contributed by atoms with Crippen molar-refractivity contribution in [2.75, 3.05) is 4.90 Å². The quantitative estimate of drug-likeness (QED) is 0.517. The molecule has 4 rings (SSSR count). The van der Waals surface area contributed by atoms with Crippen LogP contribution >= 0.6 is 23.2 Å². The van der Waals surface area contributed by atoms with Crippen molar-refractivity contribution in [1.82, 2.24) is 0 Å². The number of fused-ring (bicyclic) bond motifs is 1. The minimum absolute atomic E-state index is 0.0819. The van der Waals surface area contributed by atoms with Gasteiger partial charge in [0.2, 0.25) is 0 Å². The minimum atomic E-state index is -1.08. The van der Waals surface area contributed by atoms with E-state index in [-0.39, 0.29) is 16.7 Å². The second-order valence-corrected chi connectivity index (χ2v) is 7.13. The van der Waals surface area contributed by atoms with E-state index in [4.69, 9.17) is 28.3 Å². The topological polar surface area (TPSA) is 57.6 Å². The van der Waals surface area contributed by atoms with Gasteiger partial charge >= 0.3 is 5.97 Å². The summed E-state index contributed by atoms with van der Waals surface area (Å²) in [7, 11) is 0. The molecule has 0 aliphatic carbocycles. The van der Waals surface area contributed by atoms with Crippen LogP contribution in [0.1, 0.15) is 21.5 Å². The average Bonchev–Trinajstić information content (AvgIpc) is 2.97. The van der Waals surface area contributed by atoms with E-state index in [1.165, 1.54) is 47.4 Å². The number of amides is 1. The van der Waals surface area contributed by atoms with E-state index < -0.39 is 17.7 Å². The van der Waals surface area contributed by atoms with E-state index >= 15 is 0 Å². The van der Waals surface area contributed by atoms with Gasteiger partial charge in [-0.2, -0.15) is 0 Å². The fraction of sp³-hybridized carbons (Fsp3) is 0. The molecule has 1 N–H and O–H groups in total. The van der Waals surface area contributed by atoms with Crippen LogP contribution in [0.3, 0.4) is 0 Å². The number of benzene rings is 3. The Morgan fingerprint density at radius 1 is 0.966 bits per heavy atom. The van der Waals surface area contributed by atoms with E-state index in [9.17, 15) is 14.0 Å². The number of halogens is 3. The highest BCUT2D eigenvalue weighted by Crippen LogP contribution is 2.44. The molecule has 0 saturated heterocycles. The molecule has 0 fully saturated rings. The Labute approximate surface area is 175 Å². The Balaban J connectivity index is 1.89. The summed E-state index contributed by atoms with van der Waals surface area (Å²) < 4.78 is 14.7. The SMILES string of the molecule is O=C(O)c1ccc(N2C(=O)C(=Cc3c(Cl)cccc3Cl)c3c(F)cccc32)cc1. The average molecular weight is 428 g/mol. The lowest BCUT2D eigenvalue weighted by atomic mass is 10.0. The Morgan fingerprint density at radius 3 is 2.21 bits per heavy atom. The molecule has 4 nitrogen and oxygen atoms in total. The van der Waals surface area contributed by atoms with Gasteiger partial charge in [0.05, 0.1) is 16.8 Å². The molecule has 144 valence electrons. The monoisotopic (exact) mass is 427 g/mol. The third-order valence-electron chi connectivity index (χ3n) is 4.60. The van der Waals surface area contributed by atoms with Crippen molar-refractivity contribution in [3.63, 3.8) is 0 Å². The Kier molecular flexibility index (Phi) is 4.86. The molecular formula is C22H12Cl2FNO3. The van der Waals surface area contributed by atoms with E-state index in [0.717, 1.165) is 0 Å². The number of rotatable bonds is 3. The van der Waals surface area contributed by atoms with Gasteiger partial charge in [0.1, 0.15) is 5.82 Å². The predicted molar refractivity (Wildman–Crippen MR) is 111 cm³/mol. The van der Waals surface area contributed by atoms with Gasteiger partial charge in [-0.3, -0.25) is 9.69 Å². The molecule has 7 heteroatoms. The van der Waals surface area contributed by atoms with Crippen molar-refractivity contribution in [3.05, 3.63) is 93.2 Å². The van der Waals surface area contributed by atoms with Crippen LogP contribution < -0.4 is 4.90 Å². The van der Waals surface area contributed by atoms with Gasteiger partial charge in [-0.15, -0.1) is 0 Å². The number of aromatic carboxylic acids is 1. The maximum absolute atomic E-state index is 14.7. The first-order valence-electron chi connectivity index (χ1n) is 8.51. The molecule has 3 aromatic rings. The molecule has 3 aromatic carbocycles. The summed E-state index contributed by atoms with van der Waals surface area (Å²) in [4.78, 5) is 25.7. The molecule has 1 amide bonds. The third-order valence-corrected chi connectivity index (χ3v) is 5.26. The van der Waals surface area contributed by atoms with E-state index in [0.29, 0.717) is 27.0 Å². The number of nitrogens with zero attached hydrogens (tertiary/aromatic N) is 1. The lowest BCUT2D eigenvalue weighted by Gasteiger charge is -2.17. The Hall–Kier alpha value is -3.15. The zero-order valence-electron chi connectivity index (χ0n) is 14.7. The molecule has 0 atom stereocenters. The second kappa shape index (κ2) is 7.35. The summed E-state index contributed by atoms with van der Waals surface area (Å²) in [5.41, 5.74) is 1.51. The van der Waals surface area contributed by atoms with Crippen LogP contribution in [0, 0.1) is 5.82 Å². The molecule has 0 bridgehead atoms. The zero-order valence-corrected chi connectivity index (χ0v) is 16.2. The summed E-state index contributed by atoms with van der Waals surface area (Å²) in [5.74, 6) is -2.11. The highest BCUT2D eigenvalue weighted by Gasteiger charge is 2.36. The Bertz CT molecular complexity index is 1170. The van der Waals surface area contributed by atoms with Crippen molar-refractivity contribution in [3.8, 4) is 0 Å². The number of carbonyl (C=O) groups excluding carboxylic acids is 1. The summed E-state index contributed by atoms with van der Waals surface area (Å²) in [6.07, 6.45) is 1.47. The molecule has 0 aromatic heterocycles. The first-order chi connectivity index (χ1) is 13.9. The molecule has 1 aliphatic rings. The van der Waals surface area contributed by atoms with Gasteiger partial charge in [0.15, 0.2) is 0 Å². The molecule has 0 spiro atoms. The third kappa shape index (κ3) is 3.28. The fourth-order valence-electron chi connectivity index (χ4n) is 3.24. The number of carboxylic acid groups (broad SMARTS) is 1. The second-order valence-electron chi connectivity index (χ2n) is 6.32.